The molecule has 2 unspecified atom stereocenters. The van der Waals surface area contributed by atoms with E-state index in [0.717, 1.165) is 54.0 Å². The number of nitrogens with zero attached hydrogens (tertiary/aromatic N) is 2. The monoisotopic (exact) mass is 619 g/mol. The molecule has 0 spiro atoms. The molecule has 3 atom stereocenters. The summed E-state index contributed by atoms with van der Waals surface area (Å²) >= 11 is 1.60. The molecule has 1 fully saturated rings. The second kappa shape index (κ2) is 21.8. The number of hydrogen-bond acceptors (Lipinski definition) is 7. The Morgan fingerprint density at radius 2 is 1.77 bits per heavy atom. The van der Waals surface area contributed by atoms with Crippen LogP contribution in [0, 0.1) is 12.3 Å². The molecule has 244 valence electrons. The van der Waals surface area contributed by atoms with Crippen LogP contribution in [-0.2, 0) is 14.4 Å². The molecule has 0 radical (unpaired) electrons. The van der Waals surface area contributed by atoms with Gasteiger partial charge in [-0.25, -0.2) is 4.98 Å². The number of β-amino-alcohol motifs (C(OH)–C–C–N with tert-alkyl or cyclic N) is 1. The lowest BCUT2D eigenvalue weighted by atomic mass is 9.97. The van der Waals surface area contributed by atoms with Crippen molar-refractivity contribution in [1.29, 1.82) is 0 Å². The highest BCUT2D eigenvalue weighted by molar-refractivity contribution is 7.13. The third-order valence-corrected chi connectivity index (χ3v) is 7.43. The molecular formula is C33H57N5O4S. The second-order valence-electron chi connectivity index (χ2n) is 11.3. The second-order valence-corrected chi connectivity index (χ2v) is 12.1. The van der Waals surface area contributed by atoms with Gasteiger partial charge in [0.2, 0.25) is 18.2 Å². The van der Waals surface area contributed by atoms with Crippen molar-refractivity contribution >= 4 is 29.6 Å². The molecule has 1 aliphatic rings. The molecule has 3 rings (SSSR count). The zero-order valence-corrected chi connectivity index (χ0v) is 28.7. The first-order valence-electron chi connectivity index (χ1n) is 15.6. The van der Waals surface area contributed by atoms with Crippen LogP contribution >= 0.6 is 11.3 Å². The molecule has 1 aromatic carbocycles. The number of nitrogens with one attached hydrogen (secondary N) is 2. The van der Waals surface area contributed by atoms with E-state index in [-0.39, 0.29) is 36.2 Å². The normalized spacial score (nSPS) is 16.3. The van der Waals surface area contributed by atoms with Gasteiger partial charge in [-0.2, -0.15) is 0 Å². The minimum atomic E-state index is -0.641. The van der Waals surface area contributed by atoms with E-state index in [0.29, 0.717) is 12.8 Å². The van der Waals surface area contributed by atoms with Gasteiger partial charge in [-0.1, -0.05) is 79.2 Å². The molecule has 3 amide bonds. The number of aromatic nitrogens is 1. The van der Waals surface area contributed by atoms with Crippen LogP contribution in [0.15, 0.2) is 29.8 Å². The molecule has 43 heavy (non-hydrogen) atoms. The van der Waals surface area contributed by atoms with Crippen molar-refractivity contribution in [3.05, 3.63) is 41.0 Å². The van der Waals surface area contributed by atoms with Crippen LogP contribution in [0.5, 0.6) is 0 Å². The number of thiazole rings is 1. The smallest absolute Gasteiger partial charge is 0.243 e. The molecule has 5 N–H and O–H groups in total. The highest BCUT2D eigenvalue weighted by Gasteiger charge is 2.35. The summed E-state index contributed by atoms with van der Waals surface area (Å²) in [5.41, 5.74) is 10.5. The van der Waals surface area contributed by atoms with E-state index < -0.39 is 12.1 Å². The largest absolute Gasteiger partial charge is 0.391 e. The highest BCUT2D eigenvalue weighted by Crippen LogP contribution is 2.28. The van der Waals surface area contributed by atoms with Gasteiger partial charge in [0.1, 0.15) is 6.04 Å². The van der Waals surface area contributed by atoms with E-state index in [9.17, 15) is 19.5 Å². The van der Waals surface area contributed by atoms with Crippen molar-refractivity contribution < 1.29 is 19.5 Å². The quantitative estimate of drug-likeness (QED) is 0.191. The number of aryl methyl sites for hydroxylation is 1. The van der Waals surface area contributed by atoms with Crippen LogP contribution in [0.2, 0.25) is 0 Å². The van der Waals surface area contributed by atoms with Crippen LogP contribution in [0.1, 0.15) is 105 Å². The highest BCUT2D eigenvalue weighted by atomic mass is 32.1. The number of nitrogens with two attached hydrogens (primary N) is 1. The summed E-state index contributed by atoms with van der Waals surface area (Å²) in [4.78, 5) is 41.5. The SMILES string of the molecule is CC.CC.CC(C)(C)CNC(=O)CCCCCN.Cc1ncsc1-c1ccc(C(C)NC(=O)C2C[C@@H](O)CN2C=O)cc1. The summed E-state index contributed by atoms with van der Waals surface area (Å²) in [7, 11) is 0. The standard InChI is InChI=1S/C18H21N3O3S.C11H24N2O.2C2H6/c1-11(20-18(24)16-7-15(23)8-21(16)10-22)13-3-5-14(6-4-13)17-12(2)19-9-25-17;1-11(2,3)9-13-10(14)7-5-4-6-8-12;2*1-2/h3-6,9-11,15-16,23H,7-8H2,1-2H3,(H,20,24);4-9,12H2,1-3H3,(H,13,14);2*1-2H3/t11?,15-,16?;;;/m1.../s1. The Balaban J connectivity index is 0.000000839. The van der Waals surface area contributed by atoms with Gasteiger partial charge in [-0.05, 0) is 49.8 Å². The van der Waals surface area contributed by atoms with Gasteiger partial charge >= 0.3 is 0 Å². The molecule has 0 aliphatic carbocycles. The number of likely N-dealkylation sites (tertiary alicyclic amines) is 1. The third kappa shape index (κ3) is 15.5. The molecule has 2 aromatic rings. The van der Waals surface area contributed by atoms with E-state index in [1.54, 1.807) is 11.3 Å². The van der Waals surface area contributed by atoms with Gasteiger partial charge in [-0.3, -0.25) is 14.4 Å². The summed E-state index contributed by atoms with van der Waals surface area (Å²) in [5, 5.41) is 15.5. The summed E-state index contributed by atoms with van der Waals surface area (Å²) in [6.45, 7) is 19.9. The topological polar surface area (TPSA) is 138 Å². The maximum absolute atomic E-state index is 12.4. The lowest BCUT2D eigenvalue weighted by Crippen LogP contribution is -2.43. The summed E-state index contributed by atoms with van der Waals surface area (Å²) in [5.74, 6) is -0.0736. The number of carbonyl (C=O) groups is 3. The zero-order chi connectivity index (χ0) is 33.0. The lowest BCUT2D eigenvalue weighted by molar-refractivity contribution is -0.131. The fraction of sp³-hybridized carbons (Fsp3) is 0.636. The van der Waals surface area contributed by atoms with Gasteiger partial charge in [0.25, 0.3) is 0 Å². The number of benzene rings is 1. The van der Waals surface area contributed by atoms with Crippen molar-refractivity contribution in [2.24, 2.45) is 11.1 Å². The molecule has 9 nitrogen and oxygen atoms in total. The van der Waals surface area contributed by atoms with Gasteiger partial charge in [-0.15, -0.1) is 11.3 Å². The number of unbranched alkanes of at least 4 members (excludes halogenated alkanes) is 2. The first kappa shape index (κ1) is 40.2. The molecule has 1 aliphatic heterocycles. The van der Waals surface area contributed by atoms with E-state index >= 15 is 0 Å². The number of aliphatic hydroxyl groups is 1. The summed E-state index contributed by atoms with van der Waals surface area (Å²) < 4.78 is 0. The Hall–Kier alpha value is -2.82. The number of amides is 3. The molecule has 10 heteroatoms. The van der Waals surface area contributed by atoms with Crippen molar-refractivity contribution in [1.82, 2.24) is 20.5 Å². The van der Waals surface area contributed by atoms with Crippen molar-refractivity contribution in [2.45, 2.75) is 113 Å². The minimum absolute atomic E-state index is 0.164. The van der Waals surface area contributed by atoms with Gasteiger partial charge < -0.3 is 26.4 Å². The van der Waals surface area contributed by atoms with Crippen LogP contribution in [0.4, 0.5) is 0 Å². The maximum Gasteiger partial charge on any atom is 0.243 e. The average Bonchev–Trinajstić information content (AvgIpc) is 3.61. The average molecular weight is 620 g/mol. The fourth-order valence-electron chi connectivity index (χ4n) is 4.17. The Morgan fingerprint density at radius 3 is 2.28 bits per heavy atom. The Kier molecular flexibility index (Phi) is 20.4. The molecular weight excluding hydrogens is 562 g/mol. The Morgan fingerprint density at radius 1 is 1.14 bits per heavy atom. The van der Waals surface area contributed by atoms with E-state index in [2.05, 4.69) is 36.4 Å². The maximum atomic E-state index is 12.4. The number of carbonyl (C=O) groups excluding carboxylic acids is 3. The Labute approximate surface area is 264 Å². The van der Waals surface area contributed by atoms with Crippen molar-refractivity contribution in [3.63, 3.8) is 0 Å². The van der Waals surface area contributed by atoms with E-state index in [1.807, 2.05) is 71.3 Å². The van der Waals surface area contributed by atoms with Gasteiger partial charge in [0, 0.05) is 25.9 Å². The number of aliphatic hydroxyl groups excluding tert-OH is 1. The molecule has 0 saturated carbocycles. The minimum Gasteiger partial charge on any atom is -0.391 e. The van der Waals surface area contributed by atoms with Gasteiger partial charge in [0.15, 0.2) is 0 Å². The molecule has 2 heterocycles. The molecule has 1 aromatic heterocycles. The number of rotatable bonds is 11. The van der Waals surface area contributed by atoms with E-state index in [4.69, 9.17) is 5.73 Å². The van der Waals surface area contributed by atoms with Crippen LogP contribution in [-0.4, -0.2) is 65.0 Å². The predicted molar refractivity (Wildman–Crippen MR) is 179 cm³/mol. The third-order valence-electron chi connectivity index (χ3n) is 6.46. The van der Waals surface area contributed by atoms with Crippen LogP contribution in [0.25, 0.3) is 10.4 Å². The van der Waals surface area contributed by atoms with Crippen molar-refractivity contribution in [3.8, 4) is 10.4 Å². The first-order valence-corrected chi connectivity index (χ1v) is 16.5. The summed E-state index contributed by atoms with van der Waals surface area (Å²) in [6, 6.07) is 7.23. The van der Waals surface area contributed by atoms with E-state index in [1.165, 1.54) is 4.90 Å². The van der Waals surface area contributed by atoms with Crippen LogP contribution in [0.3, 0.4) is 0 Å². The first-order chi connectivity index (χ1) is 20.4. The Bertz CT molecular complexity index is 1050. The fourth-order valence-corrected chi connectivity index (χ4v) is 4.98. The molecule has 1 saturated heterocycles. The summed E-state index contributed by atoms with van der Waals surface area (Å²) in [6.07, 6.45) is 3.92. The predicted octanol–water partition coefficient (Wildman–Crippen LogP) is 5.61. The lowest BCUT2D eigenvalue weighted by Gasteiger charge is -2.22. The van der Waals surface area contributed by atoms with Crippen molar-refractivity contribution in [2.75, 3.05) is 19.6 Å². The van der Waals surface area contributed by atoms with Gasteiger partial charge in [0.05, 0.1) is 28.2 Å². The zero-order valence-electron chi connectivity index (χ0n) is 27.9. The molecule has 0 bridgehead atoms. The number of hydrogen-bond donors (Lipinski definition) is 4. The van der Waals surface area contributed by atoms with Crippen LogP contribution < -0.4 is 16.4 Å².